The molecular weight excluding hydrogens is 276 g/mol. The van der Waals surface area contributed by atoms with Gasteiger partial charge in [-0.25, -0.2) is 8.78 Å². The summed E-state index contributed by atoms with van der Waals surface area (Å²) < 4.78 is 26.7. The molecule has 2 aromatic rings. The first-order chi connectivity index (χ1) is 10.1. The predicted molar refractivity (Wildman–Crippen MR) is 76.0 cm³/mol. The fourth-order valence-corrected chi connectivity index (χ4v) is 2.67. The number of aryl methyl sites for hydroxylation is 1. The van der Waals surface area contributed by atoms with Gasteiger partial charge in [-0.3, -0.25) is 4.79 Å². The quantitative estimate of drug-likeness (QED) is 0.907. The van der Waals surface area contributed by atoms with Crippen LogP contribution in [-0.2, 0) is 11.2 Å². The Labute approximate surface area is 121 Å². The highest BCUT2D eigenvalue weighted by Gasteiger charge is 2.16. The lowest BCUT2D eigenvalue weighted by atomic mass is 10.2. The van der Waals surface area contributed by atoms with Crippen LogP contribution in [0.4, 0.5) is 8.78 Å². The van der Waals surface area contributed by atoms with Crippen LogP contribution in [0.25, 0.3) is 10.9 Å². The van der Waals surface area contributed by atoms with Gasteiger partial charge in [0.2, 0.25) is 5.91 Å². The van der Waals surface area contributed by atoms with E-state index >= 15 is 0 Å². The Kier molecular flexibility index (Phi) is 3.88. The number of hydrogen-bond acceptors (Lipinski definition) is 2. The SMILES string of the molecule is O=C(CCc1cc2c(F)cc(F)cc2[nH]1)N1CCNCC1. The van der Waals surface area contributed by atoms with E-state index in [9.17, 15) is 13.6 Å². The molecule has 1 saturated heterocycles. The van der Waals surface area contributed by atoms with E-state index in [2.05, 4.69) is 10.3 Å². The van der Waals surface area contributed by atoms with Crippen molar-refractivity contribution in [1.82, 2.24) is 15.2 Å². The molecule has 1 amide bonds. The van der Waals surface area contributed by atoms with Crippen LogP contribution in [0.3, 0.4) is 0 Å². The average Bonchev–Trinajstić information content (AvgIpc) is 2.89. The highest BCUT2D eigenvalue weighted by atomic mass is 19.1. The summed E-state index contributed by atoms with van der Waals surface area (Å²) in [7, 11) is 0. The number of nitrogens with one attached hydrogen (secondary N) is 2. The topological polar surface area (TPSA) is 48.1 Å². The molecule has 4 nitrogen and oxygen atoms in total. The van der Waals surface area contributed by atoms with E-state index in [1.54, 1.807) is 6.07 Å². The summed E-state index contributed by atoms with van der Waals surface area (Å²) in [4.78, 5) is 16.9. The number of benzene rings is 1. The monoisotopic (exact) mass is 293 g/mol. The molecule has 1 aliphatic heterocycles. The second-order valence-electron chi connectivity index (χ2n) is 5.27. The molecule has 0 bridgehead atoms. The Balaban J connectivity index is 1.67. The van der Waals surface area contributed by atoms with Crippen LogP contribution in [0.5, 0.6) is 0 Å². The molecule has 1 aromatic heterocycles. The number of rotatable bonds is 3. The number of nitrogens with zero attached hydrogens (tertiary/aromatic N) is 1. The lowest BCUT2D eigenvalue weighted by molar-refractivity contribution is -0.131. The maximum atomic E-state index is 13.6. The summed E-state index contributed by atoms with van der Waals surface area (Å²) in [6.07, 6.45) is 0.870. The number of H-pyrrole nitrogens is 1. The standard InChI is InChI=1S/C15H17F2N3O/c16-10-7-13(17)12-9-11(19-14(12)8-10)1-2-15(21)20-5-3-18-4-6-20/h7-9,18-19H,1-6H2. The van der Waals surface area contributed by atoms with Crippen LogP contribution < -0.4 is 5.32 Å². The van der Waals surface area contributed by atoms with Gasteiger partial charge in [-0.05, 0) is 18.6 Å². The number of piperazine rings is 1. The summed E-state index contributed by atoms with van der Waals surface area (Å²) in [5.41, 5.74) is 1.18. The molecule has 6 heteroatoms. The molecule has 21 heavy (non-hydrogen) atoms. The molecule has 0 aliphatic carbocycles. The second kappa shape index (κ2) is 5.81. The van der Waals surface area contributed by atoms with Crippen molar-refractivity contribution in [2.45, 2.75) is 12.8 Å². The maximum Gasteiger partial charge on any atom is 0.223 e. The second-order valence-corrected chi connectivity index (χ2v) is 5.27. The molecule has 0 radical (unpaired) electrons. The molecule has 0 unspecified atom stereocenters. The van der Waals surface area contributed by atoms with E-state index in [1.807, 2.05) is 4.90 Å². The molecular formula is C15H17F2N3O. The first-order valence-corrected chi connectivity index (χ1v) is 7.08. The maximum absolute atomic E-state index is 13.6. The smallest absolute Gasteiger partial charge is 0.223 e. The Morgan fingerprint density at radius 3 is 2.71 bits per heavy atom. The van der Waals surface area contributed by atoms with Gasteiger partial charge in [-0.1, -0.05) is 0 Å². The Morgan fingerprint density at radius 2 is 1.95 bits per heavy atom. The molecule has 0 saturated carbocycles. The number of aromatic amines is 1. The first-order valence-electron chi connectivity index (χ1n) is 7.08. The number of fused-ring (bicyclic) bond motifs is 1. The van der Waals surface area contributed by atoms with Gasteiger partial charge in [-0.15, -0.1) is 0 Å². The van der Waals surface area contributed by atoms with Gasteiger partial charge in [-0.2, -0.15) is 0 Å². The molecule has 1 aliphatic rings. The van der Waals surface area contributed by atoms with Crippen LogP contribution in [0, 0.1) is 11.6 Å². The number of carbonyl (C=O) groups is 1. The molecule has 2 heterocycles. The van der Waals surface area contributed by atoms with Crippen molar-refractivity contribution in [3.8, 4) is 0 Å². The van der Waals surface area contributed by atoms with Crippen LogP contribution in [0.15, 0.2) is 18.2 Å². The minimum Gasteiger partial charge on any atom is -0.358 e. The third-order valence-corrected chi connectivity index (χ3v) is 3.79. The predicted octanol–water partition coefficient (Wildman–Crippen LogP) is 1.81. The number of hydrogen-bond donors (Lipinski definition) is 2. The highest BCUT2D eigenvalue weighted by molar-refractivity contribution is 5.81. The zero-order valence-electron chi connectivity index (χ0n) is 11.6. The summed E-state index contributed by atoms with van der Waals surface area (Å²) in [6.45, 7) is 3.10. The average molecular weight is 293 g/mol. The molecule has 3 rings (SSSR count). The van der Waals surface area contributed by atoms with E-state index in [1.165, 1.54) is 6.07 Å². The number of halogens is 2. The van der Waals surface area contributed by atoms with E-state index < -0.39 is 11.6 Å². The van der Waals surface area contributed by atoms with Crippen molar-refractivity contribution in [2.75, 3.05) is 26.2 Å². The highest BCUT2D eigenvalue weighted by Crippen LogP contribution is 2.21. The van der Waals surface area contributed by atoms with Crippen molar-refractivity contribution >= 4 is 16.8 Å². The van der Waals surface area contributed by atoms with Crippen molar-refractivity contribution in [1.29, 1.82) is 0 Å². The zero-order valence-corrected chi connectivity index (χ0v) is 11.6. The minimum atomic E-state index is -0.606. The van der Waals surface area contributed by atoms with E-state index in [-0.39, 0.29) is 5.91 Å². The minimum absolute atomic E-state index is 0.0989. The third kappa shape index (κ3) is 3.05. The fourth-order valence-electron chi connectivity index (χ4n) is 2.67. The molecule has 1 fully saturated rings. The Morgan fingerprint density at radius 1 is 1.19 bits per heavy atom. The fraction of sp³-hybridized carbons (Fsp3) is 0.400. The van der Waals surface area contributed by atoms with E-state index in [0.717, 1.165) is 37.9 Å². The van der Waals surface area contributed by atoms with Crippen molar-refractivity contribution < 1.29 is 13.6 Å². The van der Waals surface area contributed by atoms with Gasteiger partial charge in [0.1, 0.15) is 11.6 Å². The number of aromatic nitrogens is 1. The van der Waals surface area contributed by atoms with Crippen molar-refractivity contribution in [3.63, 3.8) is 0 Å². The van der Waals surface area contributed by atoms with Gasteiger partial charge < -0.3 is 15.2 Å². The van der Waals surface area contributed by atoms with Crippen LogP contribution in [0.2, 0.25) is 0 Å². The van der Waals surface area contributed by atoms with E-state index in [0.29, 0.717) is 23.7 Å². The number of carbonyl (C=O) groups excluding carboxylic acids is 1. The van der Waals surface area contributed by atoms with Gasteiger partial charge >= 0.3 is 0 Å². The lowest BCUT2D eigenvalue weighted by Gasteiger charge is -2.27. The van der Waals surface area contributed by atoms with Gasteiger partial charge in [0.05, 0.1) is 5.52 Å². The van der Waals surface area contributed by atoms with Gasteiger partial charge in [0, 0.05) is 49.7 Å². The lowest BCUT2D eigenvalue weighted by Crippen LogP contribution is -2.46. The summed E-state index contributed by atoms with van der Waals surface area (Å²) in [5, 5.41) is 3.56. The molecule has 112 valence electrons. The normalized spacial score (nSPS) is 15.6. The van der Waals surface area contributed by atoms with E-state index in [4.69, 9.17) is 0 Å². The van der Waals surface area contributed by atoms with Crippen LogP contribution >= 0.6 is 0 Å². The van der Waals surface area contributed by atoms with Crippen molar-refractivity contribution in [3.05, 3.63) is 35.5 Å². The largest absolute Gasteiger partial charge is 0.358 e. The zero-order chi connectivity index (χ0) is 14.8. The van der Waals surface area contributed by atoms with Crippen molar-refractivity contribution in [2.24, 2.45) is 0 Å². The Bertz CT molecular complexity index is 662. The first kappa shape index (κ1) is 14.0. The van der Waals surface area contributed by atoms with Gasteiger partial charge in [0.15, 0.2) is 0 Å². The summed E-state index contributed by atoms with van der Waals surface area (Å²) in [5.74, 6) is -1.09. The summed E-state index contributed by atoms with van der Waals surface area (Å²) >= 11 is 0. The molecule has 2 N–H and O–H groups in total. The van der Waals surface area contributed by atoms with Crippen LogP contribution in [-0.4, -0.2) is 42.0 Å². The summed E-state index contributed by atoms with van der Waals surface area (Å²) in [6, 6.07) is 3.78. The Hall–Kier alpha value is -1.95. The number of amides is 1. The third-order valence-electron chi connectivity index (χ3n) is 3.79. The molecule has 1 aromatic carbocycles. The molecule has 0 spiro atoms. The van der Waals surface area contributed by atoms with Gasteiger partial charge in [0.25, 0.3) is 0 Å². The van der Waals surface area contributed by atoms with Crippen LogP contribution in [0.1, 0.15) is 12.1 Å². The molecule has 0 atom stereocenters.